The van der Waals surface area contributed by atoms with Crippen LogP contribution in [0.5, 0.6) is 0 Å². The number of nitrogens with zero attached hydrogens (tertiary/aromatic N) is 4. The smallest absolute Gasteiger partial charge is 0.251 e. The molecule has 1 aliphatic heterocycles. The number of rotatable bonds is 6. The normalized spacial score (nSPS) is 15.0. The number of aryl methyl sites for hydroxylation is 1. The average molecular weight is 440 g/mol. The van der Waals surface area contributed by atoms with Crippen molar-refractivity contribution >= 4 is 15.9 Å². The molecule has 4 rings (SSSR count). The van der Waals surface area contributed by atoms with E-state index < -0.39 is 10.0 Å². The first-order valence-electron chi connectivity index (χ1n) is 10.3. The number of aromatic nitrogens is 3. The fourth-order valence-corrected chi connectivity index (χ4v) is 5.19. The maximum Gasteiger partial charge on any atom is 0.251 e. The second-order valence-electron chi connectivity index (χ2n) is 7.53. The predicted molar refractivity (Wildman–Crippen MR) is 117 cm³/mol. The average Bonchev–Trinajstić information content (AvgIpc) is 3.19. The second-order valence-corrected chi connectivity index (χ2v) is 9.47. The fraction of sp³-hybridized carbons (Fsp3) is 0.318. The molecular weight excluding hydrogens is 414 g/mol. The molecule has 0 radical (unpaired) electrons. The van der Waals surface area contributed by atoms with Crippen molar-refractivity contribution in [2.45, 2.75) is 30.7 Å². The Morgan fingerprint density at radius 2 is 1.81 bits per heavy atom. The third kappa shape index (κ3) is 4.67. The molecule has 0 aliphatic carbocycles. The van der Waals surface area contributed by atoms with Crippen molar-refractivity contribution in [1.82, 2.24) is 24.4 Å². The summed E-state index contributed by atoms with van der Waals surface area (Å²) in [5.41, 5.74) is 2.77. The van der Waals surface area contributed by atoms with Crippen molar-refractivity contribution in [3.05, 3.63) is 66.0 Å². The van der Waals surface area contributed by atoms with E-state index in [4.69, 9.17) is 0 Å². The summed E-state index contributed by atoms with van der Waals surface area (Å²) in [6.45, 7) is 1.36. The summed E-state index contributed by atoms with van der Waals surface area (Å²) < 4.78 is 28.7. The van der Waals surface area contributed by atoms with Gasteiger partial charge in [0.15, 0.2) is 0 Å². The number of nitrogens with one attached hydrogen (secondary N) is 1. The van der Waals surface area contributed by atoms with Gasteiger partial charge in [0.1, 0.15) is 0 Å². The number of hydrogen-bond acceptors (Lipinski definition) is 5. The van der Waals surface area contributed by atoms with Crippen LogP contribution in [0, 0.1) is 0 Å². The molecule has 2 aromatic heterocycles. The number of hydrogen-bond donors (Lipinski definition) is 1. The summed E-state index contributed by atoms with van der Waals surface area (Å²) >= 11 is 0. The van der Waals surface area contributed by atoms with Gasteiger partial charge in [-0.05, 0) is 55.3 Å². The molecule has 0 saturated carbocycles. The van der Waals surface area contributed by atoms with Crippen LogP contribution in [-0.4, -0.2) is 46.5 Å². The van der Waals surface area contributed by atoms with Gasteiger partial charge in [-0.3, -0.25) is 14.5 Å². The van der Waals surface area contributed by atoms with E-state index in [1.165, 1.54) is 16.4 Å². The first-order valence-corrected chi connectivity index (χ1v) is 11.7. The Bertz CT molecular complexity index is 1150. The second kappa shape index (κ2) is 8.99. The highest BCUT2D eigenvalue weighted by atomic mass is 32.2. The van der Waals surface area contributed by atoms with E-state index in [2.05, 4.69) is 15.4 Å². The quantitative estimate of drug-likeness (QED) is 0.637. The summed E-state index contributed by atoms with van der Waals surface area (Å²) in [6.07, 6.45) is 4.55. The van der Waals surface area contributed by atoms with Crippen LogP contribution in [0.4, 0.5) is 0 Å². The molecule has 0 unspecified atom stereocenters. The molecule has 0 spiro atoms. The maximum absolute atomic E-state index is 12.7. The lowest BCUT2D eigenvalue weighted by Crippen LogP contribution is -2.35. The summed E-state index contributed by atoms with van der Waals surface area (Å²) in [4.78, 5) is 17.1. The van der Waals surface area contributed by atoms with Crippen LogP contribution in [0.15, 0.2) is 59.6 Å². The van der Waals surface area contributed by atoms with E-state index in [1.54, 1.807) is 23.0 Å². The lowest BCUT2D eigenvalue weighted by Gasteiger charge is -2.25. The number of piperidine rings is 1. The fourth-order valence-electron chi connectivity index (χ4n) is 3.67. The van der Waals surface area contributed by atoms with E-state index in [1.807, 2.05) is 31.3 Å². The van der Waals surface area contributed by atoms with Crippen molar-refractivity contribution in [2.75, 3.05) is 13.1 Å². The van der Waals surface area contributed by atoms with Crippen molar-refractivity contribution < 1.29 is 13.2 Å². The topological polar surface area (TPSA) is 97.2 Å². The maximum atomic E-state index is 12.7. The number of carbonyl (C=O) groups excluding carboxylic acids is 1. The Kier molecular flexibility index (Phi) is 6.15. The van der Waals surface area contributed by atoms with Gasteiger partial charge in [0.2, 0.25) is 10.0 Å². The number of benzene rings is 1. The van der Waals surface area contributed by atoms with Crippen LogP contribution in [0.1, 0.15) is 35.3 Å². The molecule has 1 fully saturated rings. The highest BCUT2D eigenvalue weighted by Gasteiger charge is 2.26. The predicted octanol–water partition coefficient (Wildman–Crippen LogP) is 2.59. The Balaban J connectivity index is 1.40. The van der Waals surface area contributed by atoms with Gasteiger partial charge in [-0.25, -0.2) is 8.42 Å². The minimum Gasteiger partial charge on any atom is -0.346 e. The molecule has 1 aromatic carbocycles. The standard InChI is InChI=1S/C22H25N5O3S/c1-26-21(20-7-3-4-12-23-20)15-18(25-26)16-24-22(28)17-8-10-19(11-9-17)31(29,30)27-13-5-2-6-14-27/h3-4,7-12,15H,2,5-6,13-14,16H2,1H3,(H,24,28). The first kappa shape index (κ1) is 21.2. The van der Waals surface area contributed by atoms with Gasteiger partial charge in [-0.2, -0.15) is 9.40 Å². The molecule has 1 aliphatic rings. The van der Waals surface area contributed by atoms with Crippen molar-refractivity contribution in [3.8, 4) is 11.4 Å². The van der Waals surface area contributed by atoms with Crippen molar-refractivity contribution in [3.63, 3.8) is 0 Å². The molecule has 31 heavy (non-hydrogen) atoms. The Labute approximate surface area is 182 Å². The Hall–Kier alpha value is -3.04. The number of amides is 1. The van der Waals surface area contributed by atoms with E-state index in [0.29, 0.717) is 24.3 Å². The third-order valence-electron chi connectivity index (χ3n) is 5.36. The van der Waals surface area contributed by atoms with Gasteiger partial charge in [-0.15, -0.1) is 0 Å². The number of carbonyl (C=O) groups is 1. The number of sulfonamides is 1. The van der Waals surface area contributed by atoms with Gasteiger partial charge in [-0.1, -0.05) is 12.5 Å². The Morgan fingerprint density at radius 1 is 1.06 bits per heavy atom. The number of pyridine rings is 1. The molecule has 3 aromatic rings. The Morgan fingerprint density at radius 3 is 2.48 bits per heavy atom. The molecule has 0 bridgehead atoms. The van der Waals surface area contributed by atoms with Gasteiger partial charge in [0, 0.05) is 31.9 Å². The molecule has 162 valence electrons. The molecule has 1 N–H and O–H groups in total. The van der Waals surface area contributed by atoms with E-state index in [-0.39, 0.29) is 17.3 Å². The lowest BCUT2D eigenvalue weighted by atomic mass is 10.2. The zero-order valence-electron chi connectivity index (χ0n) is 17.4. The highest BCUT2D eigenvalue weighted by Crippen LogP contribution is 2.21. The minimum atomic E-state index is -3.51. The summed E-state index contributed by atoms with van der Waals surface area (Å²) in [5, 5.41) is 7.26. The summed E-state index contributed by atoms with van der Waals surface area (Å²) in [7, 11) is -1.68. The molecule has 1 saturated heterocycles. The van der Waals surface area contributed by atoms with Crippen LogP contribution in [0.25, 0.3) is 11.4 Å². The minimum absolute atomic E-state index is 0.218. The van der Waals surface area contributed by atoms with Crippen molar-refractivity contribution in [2.24, 2.45) is 7.05 Å². The molecule has 8 nitrogen and oxygen atoms in total. The van der Waals surface area contributed by atoms with Crippen LogP contribution in [0.3, 0.4) is 0 Å². The SMILES string of the molecule is Cn1nc(CNC(=O)c2ccc(S(=O)(=O)N3CCCCC3)cc2)cc1-c1ccccn1. The zero-order chi connectivity index (χ0) is 21.8. The monoisotopic (exact) mass is 439 g/mol. The van der Waals surface area contributed by atoms with E-state index in [9.17, 15) is 13.2 Å². The van der Waals surface area contributed by atoms with Gasteiger partial charge in [0.05, 0.1) is 28.5 Å². The molecule has 3 heterocycles. The molecule has 0 atom stereocenters. The van der Waals surface area contributed by atoms with Crippen LogP contribution < -0.4 is 5.32 Å². The highest BCUT2D eigenvalue weighted by molar-refractivity contribution is 7.89. The van der Waals surface area contributed by atoms with Crippen LogP contribution in [0.2, 0.25) is 0 Å². The first-order chi connectivity index (χ1) is 14.9. The van der Waals surface area contributed by atoms with Gasteiger partial charge in [0.25, 0.3) is 5.91 Å². The van der Waals surface area contributed by atoms with Crippen molar-refractivity contribution in [1.29, 1.82) is 0 Å². The lowest BCUT2D eigenvalue weighted by molar-refractivity contribution is 0.0950. The van der Waals surface area contributed by atoms with Gasteiger partial charge >= 0.3 is 0 Å². The largest absolute Gasteiger partial charge is 0.346 e. The molecule has 9 heteroatoms. The summed E-state index contributed by atoms with van der Waals surface area (Å²) in [6, 6.07) is 13.6. The van der Waals surface area contributed by atoms with Crippen LogP contribution >= 0.6 is 0 Å². The van der Waals surface area contributed by atoms with E-state index in [0.717, 1.165) is 30.7 Å². The summed E-state index contributed by atoms with van der Waals surface area (Å²) in [5.74, 6) is -0.285. The molecular formula is C22H25N5O3S. The zero-order valence-corrected chi connectivity index (χ0v) is 18.2. The van der Waals surface area contributed by atoms with Gasteiger partial charge < -0.3 is 5.32 Å². The van der Waals surface area contributed by atoms with Crippen LogP contribution in [-0.2, 0) is 23.6 Å². The van der Waals surface area contributed by atoms with E-state index >= 15 is 0 Å². The molecule has 1 amide bonds. The third-order valence-corrected chi connectivity index (χ3v) is 7.27.